The summed E-state index contributed by atoms with van der Waals surface area (Å²) < 4.78 is 1.95. The first-order valence-electron chi connectivity index (χ1n) is 4.74. The number of thiophene rings is 1. The Morgan fingerprint density at radius 2 is 2.12 bits per heavy atom. The van der Waals surface area contributed by atoms with E-state index in [2.05, 4.69) is 38.5 Å². The maximum absolute atomic E-state index is 12.2. The molecule has 88 valence electrons. The molecule has 0 radical (unpaired) electrons. The molecule has 17 heavy (non-hydrogen) atoms. The first-order chi connectivity index (χ1) is 7.99. The largest absolute Gasteiger partial charge is 0.288 e. The lowest BCUT2D eigenvalue weighted by Gasteiger charge is -2.00. The smallest absolute Gasteiger partial charge is 0.203 e. The minimum atomic E-state index is 0.0158. The summed E-state index contributed by atoms with van der Waals surface area (Å²) in [5.41, 5.74) is 1.71. The highest BCUT2D eigenvalue weighted by Gasteiger charge is 2.14. The van der Waals surface area contributed by atoms with E-state index >= 15 is 0 Å². The van der Waals surface area contributed by atoms with Crippen molar-refractivity contribution >= 4 is 67.2 Å². The van der Waals surface area contributed by atoms with Crippen molar-refractivity contribution < 1.29 is 4.79 Å². The highest BCUT2D eigenvalue weighted by molar-refractivity contribution is 14.1. The van der Waals surface area contributed by atoms with Gasteiger partial charge in [0.05, 0.1) is 13.7 Å². The molecular weight excluding hydrogens is 434 g/mol. The van der Waals surface area contributed by atoms with Gasteiger partial charge in [0, 0.05) is 9.13 Å². The second-order valence-electron chi connectivity index (χ2n) is 3.53. The van der Waals surface area contributed by atoms with Crippen LogP contribution < -0.4 is 0 Å². The lowest BCUT2D eigenvalue weighted by atomic mass is 10.1. The number of carbonyl (C=O) groups excluding carboxylic acids is 1. The molecule has 0 aliphatic heterocycles. The summed E-state index contributed by atoms with van der Waals surface area (Å²) in [5.74, 6) is 0.0158. The normalized spacial score (nSPS) is 10.6. The van der Waals surface area contributed by atoms with Crippen molar-refractivity contribution in [1.82, 2.24) is 0 Å². The Kier molecular flexibility index (Phi) is 4.28. The average Bonchev–Trinajstić information content (AvgIpc) is 2.62. The van der Waals surface area contributed by atoms with Crippen molar-refractivity contribution in [3.63, 3.8) is 0 Å². The van der Waals surface area contributed by atoms with Crippen LogP contribution in [0.3, 0.4) is 0 Å². The lowest BCUT2D eigenvalue weighted by molar-refractivity contribution is 0.104. The summed E-state index contributed by atoms with van der Waals surface area (Å²) in [6.07, 6.45) is 0. The zero-order valence-corrected chi connectivity index (χ0v) is 14.1. The highest BCUT2D eigenvalue weighted by atomic mass is 127. The van der Waals surface area contributed by atoms with Crippen molar-refractivity contribution in [3.8, 4) is 0 Å². The number of benzene rings is 1. The van der Waals surface area contributed by atoms with Gasteiger partial charge in [0.15, 0.2) is 0 Å². The van der Waals surface area contributed by atoms with Crippen LogP contribution in [0.4, 0.5) is 0 Å². The number of hydrogen-bond donors (Lipinski definition) is 0. The molecule has 1 nitrogen and oxygen atoms in total. The highest BCUT2D eigenvalue weighted by Crippen LogP contribution is 2.30. The molecule has 5 heteroatoms. The van der Waals surface area contributed by atoms with Gasteiger partial charge < -0.3 is 0 Å². The molecule has 0 fully saturated rings. The molecule has 0 saturated heterocycles. The molecule has 0 unspecified atom stereocenters. The standard InChI is InChI=1S/C12H7BrClIOS/c1-6-4-10(17-12(6)13)11(16)7-2-3-9(15)8(14)5-7/h2-5H,1H3. The fourth-order valence-electron chi connectivity index (χ4n) is 1.35. The number of hydrogen-bond acceptors (Lipinski definition) is 2. The Morgan fingerprint density at radius 3 is 2.65 bits per heavy atom. The SMILES string of the molecule is Cc1cc(C(=O)c2ccc(I)c(Cl)c2)sc1Br. The second-order valence-corrected chi connectivity index (χ2v) is 7.46. The summed E-state index contributed by atoms with van der Waals surface area (Å²) in [7, 11) is 0. The first-order valence-corrected chi connectivity index (χ1v) is 7.81. The van der Waals surface area contributed by atoms with Gasteiger partial charge in [0.1, 0.15) is 0 Å². The molecule has 0 amide bonds. The van der Waals surface area contributed by atoms with E-state index in [0.717, 1.165) is 17.8 Å². The molecule has 0 atom stereocenters. The number of rotatable bonds is 2. The van der Waals surface area contributed by atoms with Crippen LogP contribution in [0.5, 0.6) is 0 Å². The third kappa shape index (κ3) is 2.92. The Bertz CT molecular complexity index is 575. The molecular formula is C12H7BrClIOS. The molecule has 2 rings (SSSR count). The van der Waals surface area contributed by atoms with Crippen molar-refractivity contribution in [1.29, 1.82) is 0 Å². The van der Waals surface area contributed by atoms with Gasteiger partial charge >= 0.3 is 0 Å². The quantitative estimate of drug-likeness (QED) is 0.456. The van der Waals surface area contributed by atoms with E-state index in [4.69, 9.17) is 11.6 Å². The Balaban J connectivity index is 2.40. The lowest BCUT2D eigenvalue weighted by Crippen LogP contribution is -1.98. The molecule has 0 aliphatic carbocycles. The van der Waals surface area contributed by atoms with Crippen LogP contribution in [-0.2, 0) is 0 Å². The maximum Gasteiger partial charge on any atom is 0.203 e. The summed E-state index contributed by atoms with van der Waals surface area (Å²) in [5, 5.41) is 0.615. The van der Waals surface area contributed by atoms with Crippen LogP contribution in [0.15, 0.2) is 28.1 Å². The van der Waals surface area contributed by atoms with E-state index in [-0.39, 0.29) is 5.78 Å². The molecule has 1 aromatic carbocycles. The van der Waals surface area contributed by atoms with Gasteiger partial charge in [-0.2, -0.15) is 0 Å². The van der Waals surface area contributed by atoms with Crippen LogP contribution in [-0.4, -0.2) is 5.78 Å². The molecule has 0 spiro atoms. The Hall–Kier alpha value is 0.0900. The van der Waals surface area contributed by atoms with Crippen LogP contribution >= 0.6 is 61.5 Å². The molecule has 0 bridgehead atoms. The van der Waals surface area contributed by atoms with Gasteiger partial charge in [-0.15, -0.1) is 11.3 Å². The van der Waals surface area contributed by atoms with E-state index in [1.54, 1.807) is 12.1 Å². The topological polar surface area (TPSA) is 17.1 Å². The van der Waals surface area contributed by atoms with Gasteiger partial charge in [-0.3, -0.25) is 4.79 Å². The zero-order valence-electron chi connectivity index (χ0n) is 8.76. The summed E-state index contributed by atoms with van der Waals surface area (Å²) in [4.78, 5) is 12.9. The third-order valence-corrected chi connectivity index (χ3v) is 5.97. The Labute approximate surface area is 130 Å². The van der Waals surface area contributed by atoms with Crippen LogP contribution in [0, 0.1) is 10.5 Å². The van der Waals surface area contributed by atoms with Gasteiger partial charge in [0.25, 0.3) is 0 Å². The second kappa shape index (κ2) is 5.38. The number of halogens is 3. The molecule has 1 heterocycles. The predicted molar refractivity (Wildman–Crippen MR) is 84.4 cm³/mol. The van der Waals surface area contributed by atoms with Crippen LogP contribution in [0.25, 0.3) is 0 Å². The van der Waals surface area contributed by atoms with Gasteiger partial charge in [-0.1, -0.05) is 11.6 Å². The Morgan fingerprint density at radius 1 is 1.41 bits per heavy atom. The number of ketones is 1. The van der Waals surface area contributed by atoms with Crippen molar-refractivity contribution in [2.45, 2.75) is 6.92 Å². The van der Waals surface area contributed by atoms with Gasteiger partial charge in [-0.05, 0) is 75.3 Å². The van der Waals surface area contributed by atoms with E-state index in [1.807, 2.05) is 19.1 Å². The fraction of sp³-hybridized carbons (Fsp3) is 0.0833. The summed E-state index contributed by atoms with van der Waals surface area (Å²) in [6.45, 7) is 1.97. The average molecular weight is 442 g/mol. The van der Waals surface area contributed by atoms with Gasteiger partial charge in [0.2, 0.25) is 5.78 Å². The third-order valence-electron chi connectivity index (χ3n) is 2.26. The zero-order chi connectivity index (χ0) is 12.6. The van der Waals surface area contributed by atoms with Crippen molar-refractivity contribution in [3.05, 3.63) is 52.6 Å². The summed E-state index contributed by atoms with van der Waals surface area (Å²) in [6, 6.07) is 7.27. The number of carbonyl (C=O) groups is 1. The van der Waals surface area contributed by atoms with E-state index in [9.17, 15) is 4.79 Å². The molecule has 0 N–H and O–H groups in total. The molecule has 2 aromatic rings. The van der Waals surface area contributed by atoms with E-state index < -0.39 is 0 Å². The molecule has 0 saturated carbocycles. The fourth-order valence-corrected chi connectivity index (χ4v) is 3.36. The maximum atomic E-state index is 12.2. The van der Waals surface area contributed by atoms with Crippen molar-refractivity contribution in [2.24, 2.45) is 0 Å². The monoisotopic (exact) mass is 440 g/mol. The predicted octanol–water partition coefficient (Wildman–Crippen LogP) is 5.31. The minimum absolute atomic E-state index is 0.0158. The van der Waals surface area contributed by atoms with Crippen molar-refractivity contribution in [2.75, 3.05) is 0 Å². The van der Waals surface area contributed by atoms with Gasteiger partial charge in [-0.25, -0.2) is 0 Å². The summed E-state index contributed by atoms with van der Waals surface area (Å²) >= 11 is 13.0. The molecule has 0 aliphatic rings. The van der Waals surface area contributed by atoms with Crippen LogP contribution in [0.2, 0.25) is 5.02 Å². The molecule has 1 aromatic heterocycles. The van der Waals surface area contributed by atoms with E-state index in [1.165, 1.54) is 11.3 Å². The first kappa shape index (κ1) is 13.5. The number of aryl methyl sites for hydroxylation is 1. The van der Waals surface area contributed by atoms with E-state index in [0.29, 0.717) is 10.6 Å². The minimum Gasteiger partial charge on any atom is -0.288 e. The van der Waals surface area contributed by atoms with Crippen LogP contribution in [0.1, 0.15) is 20.8 Å².